The van der Waals surface area contributed by atoms with Gasteiger partial charge < -0.3 is 20.3 Å². The molecule has 24 heavy (non-hydrogen) atoms. The molecule has 0 bridgehead atoms. The SMILES string of the molecule is COc1ccc2c(c1)[C@@H]1c3c(O)ccc(O)c3C=C([N+](=O)[O-])[C@@H]1N2. The van der Waals surface area contributed by atoms with E-state index in [0.717, 1.165) is 11.3 Å². The lowest BCUT2D eigenvalue weighted by molar-refractivity contribution is -0.427. The molecule has 3 N–H and O–H groups in total. The summed E-state index contributed by atoms with van der Waals surface area (Å²) in [6, 6.07) is 7.46. The number of phenols is 2. The van der Waals surface area contributed by atoms with Crippen LogP contribution in [0.4, 0.5) is 5.69 Å². The molecule has 0 unspecified atom stereocenters. The second-order valence-corrected chi connectivity index (χ2v) is 5.81. The van der Waals surface area contributed by atoms with Gasteiger partial charge in [-0.25, -0.2) is 0 Å². The minimum Gasteiger partial charge on any atom is -0.508 e. The van der Waals surface area contributed by atoms with E-state index in [1.54, 1.807) is 25.3 Å². The Hall–Kier alpha value is -3.22. The number of hydrogen-bond donors (Lipinski definition) is 3. The van der Waals surface area contributed by atoms with E-state index in [4.69, 9.17) is 4.74 Å². The summed E-state index contributed by atoms with van der Waals surface area (Å²) in [7, 11) is 1.54. The van der Waals surface area contributed by atoms with Gasteiger partial charge in [-0.15, -0.1) is 0 Å². The van der Waals surface area contributed by atoms with Gasteiger partial charge in [-0.1, -0.05) is 0 Å². The first-order chi connectivity index (χ1) is 11.5. The van der Waals surface area contributed by atoms with Crippen LogP contribution in [0.15, 0.2) is 36.0 Å². The van der Waals surface area contributed by atoms with Crippen molar-refractivity contribution in [2.75, 3.05) is 12.4 Å². The summed E-state index contributed by atoms with van der Waals surface area (Å²) in [6.45, 7) is 0. The Kier molecular flexibility index (Phi) is 2.93. The van der Waals surface area contributed by atoms with Gasteiger partial charge in [0.05, 0.1) is 12.0 Å². The number of aromatic hydroxyl groups is 2. The molecule has 0 spiro atoms. The highest BCUT2D eigenvalue weighted by molar-refractivity contribution is 5.77. The van der Waals surface area contributed by atoms with E-state index in [0.29, 0.717) is 11.3 Å². The number of nitrogens with one attached hydrogen (secondary N) is 1. The van der Waals surface area contributed by atoms with E-state index in [1.165, 1.54) is 18.2 Å². The zero-order chi connectivity index (χ0) is 17.0. The predicted octanol–water partition coefficient (Wildman–Crippen LogP) is 2.66. The van der Waals surface area contributed by atoms with Crippen LogP contribution >= 0.6 is 0 Å². The number of methoxy groups -OCH3 is 1. The molecule has 2 atom stereocenters. The van der Waals surface area contributed by atoms with Crippen molar-refractivity contribution in [2.24, 2.45) is 0 Å². The number of benzene rings is 2. The number of anilines is 1. The van der Waals surface area contributed by atoms with Crippen molar-refractivity contribution in [2.45, 2.75) is 12.0 Å². The van der Waals surface area contributed by atoms with Crippen molar-refractivity contribution in [1.82, 2.24) is 0 Å². The van der Waals surface area contributed by atoms with Crippen LogP contribution in [-0.4, -0.2) is 28.3 Å². The summed E-state index contributed by atoms with van der Waals surface area (Å²) in [5, 5.41) is 35.1. The zero-order valence-corrected chi connectivity index (χ0v) is 12.7. The van der Waals surface area contributed by atoms with Gasteiger partial charge in [0, 0.05) is 28.8 Å². The Morgan fingerprint density at radius 3 is 2.67 bits per heavy atom. The van der Waals surface area contributed by atoms with Crippen LogP contribution in [0.3, 0.4) is 0 Å². The second-order valence-electron chi connectivity index (χ2n) is 5.81. The largest absolute Gasteiger partial charge is 0.508 e. The van der Waals surface area contributed by atoms with Crippen molar-refractivity contribution in [3.63, 3.8) is 0 Å². The van der Waals surface area contributed by atoms with Crippen LogP contribution in [-0.2, 0) is 0 Å². The molecule has 4 rings (SSSR count). The van der Waals surface area contributed by atoms with Crippen molar-refractivity contribution >= 4 is 11.8 Å². The third kappa shape index (κ3) is 1.84. The van der Waals surface area contributed by atoms with Gasteiger partial charge in [0.1, 0.15) is 23.3 Å². The summed E-state index contributed by atoms with van der Waals surface area (Å²) < 4.78 is 5.25. The van der Waals surface area contributed by atoms with Gasteiger partial charge in [0.15, 0.2) is 0 Å². The highest BCUT2D eigenvalue weighted by Crippen LogP contribution is 2.52. The molecular formula is C17H14N2O5. The average Bonchev–Trinajstić information content (AvgIpc) is 2.95. The third-order valence-electron chi connectivity index (χ3n) is 4.61. The Labute approximate surface area is 137 Å². The number of hydrogen-bond acceptors (Lipinski definition) is 6. The van der Waals surface area contributed by atoms with Gasteiger partial charge in [-0.2, -0.15) is 0 Å². The van der Waals surface area contributed by atoms with Crippen LogP contribution in [0.1, 0.15) is 22.6 Å². The first kappa shape index (κ1) is 14.4. The maximum Gasteiger partial charge on any atom is 0.269 e. The number of nitro groups is 1. The first-order valence-corrected chi connectivity index (χ1v) is 7.36. The molecule has 1 aliphatic heterocycles. The van der Waals surface area contributed by atoms with E-state index in [-0.39, 0.29) is 22.8 Å². The van der Waals surface area contributed by atoms with Crippen LogP contribution in [0.5, 0.6) is 17.2 Å². The summed E-state index contributed by atoms with van der Waals surface area (Å²) in [6.07, 6.45) is 1.32. The maximum atomic E-state index is 11.5. The van der Waals surface area contributed by atoms with Crippen molar-refractivity contribution in [1.29, 1.82) is 0 Å². The monoisotopic (exact) mass is 326 g/mol. The molecule has 2 aliphatic rings. The topological polar surface area (TPSA) is 105 Å². The highest BCUT2D eigenvalue weighted by Gasteiger charge is 2.46. The normalized spacial score (nSPS) is 20.3. The maximum absolute atomic E-state index is 11.5. The number of fused-ring (bicyclic) bond motifs is 5. The van der Waals surface area contributed by atoms with Gasteiger partial charge in [-0.3, -0.25) is 10.1 Å². The molecule has 0 amide bonds. The molecule has 0 saturated carbocycles. The summed E-state index contributed by atoms with van der Waals surface area (Å²) >= 11 is 0. The molecule has 2 aromatic carbocycles. The zero-order valence-electron chi connectivity index (χ0n) is 12.7. The lowest BCUT2D eigenvalue weighted by Crippen LogP contribution is -2.30. The standard InChI is InChI=1S/C17H14N2O5/c1-24-8-2-3-11-9(6-8)16-15-10(13(20)4-5-14(15)21)7-12(19(22)23)17(16)18-11/h2-7,16-18,20-21H,1H3/t16-,17+/m1/s1. The Morgan fingerprint density at radius 2 is 1.96 bits per heavy atom. The molecule has 7 heteroatoms. The fraction of sp³-hybridized carbons (Fsp3) is 0.176. The Morgan fingerprint density at radius 1 is 1.21 bits per heavy atom. The van der Waals surface area contributed by atoms with Crippen molar-refractivity contribution in [3.05, 3.63) is 62.8 Å². The van der Waals surface area contributed by atoms with Crippen molar-refractivity contribution in [3.8, 4) is 17.2 Å². The number of rotatable bonds is 2. The smallest absolute Gasteiger partial charge is 0.269 e. The molecule has 1 aliphatic carbocycles. The Bertz CT molecular complexity index is 906. The number of nitrogens with zero attached hydrogens (tertiary/aromatic N) is 1. The van der Waals surface area contributed by atoms with Crippen LogP contribution in [0.25, 0.3) is 6.08 Å². The van der Waals surface area contributed by atoms with E-state index in [9.17, 15) is 20.3 Å². The van der Waals surface area contributed by atoms with Gasteiger partial charge in [-0.05, 0) is 35.9 Å². The fourth-order valence-corrected chi connectivity index (χ4v) is 3.55. The number of phenolic OH excluding ortho intramolecular Hbond substituents is 2. The first-order valence-electron chi connectivity index (χ1n) is 7.36. The summed E-state index contributed by atoms with van der Waals surface area (Å²) in [4.78, 5) is 11.0. The highest BCUT2D eigenvalue weighted by atomic mass is 16.6. The molecule has 2 aromatic rings. The second kappa shape index (κ2) is 4.89. The summed E-state index contributed by atoms with van der Waals surface area (Å²) in [5.41, 5.74) is 2.23. The predicted molar refractivity (Wildman–Crippen MR) is 87.0 cm³/mol. The van der Waals surface area contributed by atoms with Crippen LogP contribution in [0.2, 0.25) is 0 Å². The third-order valence-corrected chi connectivity index (χ3v) is 4.61. The molecule has 0 saturated heterocycles. The fourth-order valence-electron chi connectivity index (χ4n) is 3.55. The van der Waals surface area contributed by atoms with E-state index in [2.05, 4.69) is 5.32 Å². The lowest BCUT2D eigenvalue weighted by Gasteiger charge is -2.26. The molecular weight excluding hydrogens is 312 g/mol. The molecule has 0 aromatic heterocycles. The Balaban J connectivity index is 2.01. The van der Waals surface area contributed by atoms with E-state index >= 15 is 0 Å². The van der Waals surface area contributed by atoms with E-state index < -0.39 is 16.9 Å². The minimum atomic E-state index is -0.623. The van der Waals surface area contributed by atoms with Crippen molar-refractivity contribution < 1.29 is 19.9 Å². The lowest BCUT2D eigenvalue weighted by atomic mass is 9.79. The molecule has 0 fully saturated rings. The minimum absolute atomic E-state index is 0.00563. The number of ether oxygens (including phenoxy) is 1. The van der Waals surface area contributed by atoms with Crippen LogP contribution in [0, 0.1) is 10.1 Å². The van der Waals surface area contributed by atoms with Gasteiger partial charge >= 0.3 is 0 Å². The molecule has 1 heterocycles. The van der Waals surface area contributed by atoms with Gasteiger partial charge in [0.25, 0.3) is 5.70 Å². The average molecular weight is 326 g/mol. The van der Waals surface area contributed by atoms with Crippen LogP contribution < -0.4 is 10.1 Å². The summed E-state index contributed by atoms with van der Waals surface area (Å²) in [5.74, 6) is 0.0306. The molecule has 122 valence electrons. The molecule has 7 nitrogen and oxygen atoms in total. The van der Waals surface area contributed by atoms with Gasteiger partial charge in [0.2, 0.25) is 0 Å². The van der Waals surface area contributed by atoms with E-state index in [1.807, 2.05) is 0 Å². The quantitative estimate of drug-likeness (QED) is 0.445. The molecule has 0 radical (unpaired) electrons.